The highest BCUT2D eigenvalue weighted by atomic mass is 32.1. The lowest BCUT2D eigenvalue weighted by atomic mass is 10.0. The van der Waals surface area contributed by atoms with Gasteiger partial charge in [0.2, 0.25) is 0 Å². The maximum atomic E-state index is 14.1. The van der Waals surface area contributed by atoms with Crippen molar-refractivity contribution in [1.29, 1.82) is 0 Å². The highest BCUT2D eigenvalue weighted by molar-refractivity contribution is 7.12. The highest BCUT2D eigenvalue weighted by Crippen LogP contribution is 2.32. The molecular weight excluding hydrogens is 257 g/mol. The summed E-state index contributed by atoms with van der Waals surface area (Å²) in [4.78, 5) is 2.49. The van der Waals surface area contributed by atoms with E-state index in [2.05, 4.69) is 32.2 Å². The molecule has 1 unspecified atom stereocenters. The van der Waals surface area contributed by atoms with E-state index in [0.717, 1.165) is 18.5 Å². The van der Waals surface area contributed by atoms with Gasteiger partial charge in [-0.3, -0.25) is 0 Å². The zero-order chi connectivity index (χ0) is 13.8. The molecule has 1 aromatic heterocycles. The lowest BCUT2D eigenvalue weighted by Gasteiger charge is -2.19. The van der Waals surface area contributed by atoms with Gasteiger partial charge in [-0.2, -0.15) is 0 Å². The Hall–Kier alpha value is -1.19. The molecule has 2 aromatic rings. The second-order valence-electron chi connectivity index (χ2n) is 4.81. The van der Waals surface area contributed by atoms with Crippen LogP contribution >= 0.6 is 11.3 Å². The molecule has 0 amide bonds. The van der Waals surface area contributed by atoms with Crippen molar-refractivity contribution in [3.8, 4) is 0 Å². The second kappa shape index (κ2) is 6.31. The Morgan fingerprint density at radius 3 is 2.58 bits per heavy atom. The molecule has 0 saturated carbocycles. The Bertz CT molecular complexity index is 547. The molecule has 3 heteroatoms. The smallest absolute Gasteiger partial charge is 0.128 e. The van der Waals surface area contributed by atoms with Gasteiger partial charge < -0.3 is 5.32 Å². The minimum absolute atomic E-state index is 0.0418. The van der Waals surface area contributed by atoms with Crippen LogP contribution in [0.3, 0.4) is 0 Å². The zero-order valence-electron chi connectivity index (χ0n) is 11.7. The van der Waals surface area contributed by atoms with Crippen molar-refractivity contribution in [2.75, 3.05) is 6.54 Å². The van der Waals surface area contributed by atoms with E-state index in [1.54, 1.807) is 17.4 Å². The molecule has 2 rings (SSSR count). The van der Waals surface area contributed by atoms with E-state index in [1.165, 1.54) is 21.4 Å². The SMILES string of the molecule is CCCNC(c1ccccc1F)c1sc(C)cc1C. The van der Waals surface area contributed by atoms with Crippen molar-refractivity contribution in [2.24, 2.45) is 0 Å². The van der Waals surface area contributed by atoms with Gasteiger partial charge >= 0.3 is 0 Å². The molecule has 1 N–H and O–H groups in total. The molecule has 0 bridgehead atoms. The molecule has 0 aliphatic carbocycles. The molecule has 0 spiro atoms. The number of halogens is 1. The van der Waals surface area contributed by atoms with Gasteiger partial charge in [0.25, 0.3) is 0 Å². The molecule has 1 aromatic carbocycles. The Labute approximate surface area is 118 Å². The van der Waals surface area contributed by atoms with E-state index in [-0.39, 0.29) is 11.9 Å². The Morgan fingerprint density at radius 2 is 2.00 bits per heavy atom. The maximum absolute atomic E-state index is 14.1. The fourth-order valence-corrected chi connectivity index (χ4v) is 3.42. The molecule has 1 heterocycles. The lowest BCUT2D eigenvalue weighted by Crippen LogP contribution is -2.23. The van der Waals surface area contributed by atoms with E-state index in [1.807, 2.05) is 12.1 Å². The summed E-state index contributed by atoms with van der Waals surface area (Å²) in [6.07, 6.45) is 1.04. The van der Waals surface area contributed by atoms with Crippen LogP contribution in [0.5, 0.6) is 0 Å². The van der Waals surface area contributed by atoms with Gasteiger partial charge in [-0.25, -0.2) is 4.39 Å². The van der Waals surface area contributed by atoms with Crippen LogP contribution in [0.25, 0.3) is 0 Å². The minimum Gasteiger partial charge on any atom is -0.306 e. The first-order valence-corrected chi connectivity index (χ1v) is 7.50. The summed E-state index contributed by atoms with van der Waals surface area (Å²) in [6, 6.07) is 9.17. The van der Waals surface area contributed by atoms with E-state index >= 15 is 0 Å². The molecule has 1 atom stereocenters. The molecule has 0 aliphatic rings. The highest BCUT2D eigenvalue weighted by Gasteiger charge is 2.20. The third-order valence-electron chi connectivity index (χ3n) is 3.16. The summed E-state index contributed by atoms with van der Waals surface area (Å²) in [6.45, 7) is 7.20. The molecule has 0 fully saturated rings. The second-order valence-corrected chi connectivity index (χ2v) is 6.10. The number of aryl methyl sites for hydroxylation is 2. The topological polar surface area (TPSA) is 12.0 Å². The standard InChI is InChI=1S/C16H20FNS/c1-4-9-18-15(13-7-5-6-8-14(13)17)16-11(2)10-12(3)19-16/h5-8,10,15,18H,4,9H2,1-3H3. The zero-order valence-corrected chi connectivity index (χ0v) is 12.5. The number of nitrogens with one attached hydrogen (secondary N) is 1. The van der Waals surface area contributed by atoms with Crippen molar-refractivity contribution >= 4 is 11.3 Å². The van der Waals surface area contributed by atoms with E-state index in [0.29, 0.717) is 0 Å². The number of rotatable bonds is 5. The molecule has 0 aliphatic heterocycles. The van der Waals surface area contributed by atoms with Gasteiger partial charge in [0, 0.05) is 15.3 Å². The third-order valence-corrected chi connectivity index (χ3v) is 4.37. The maximum Gasteiger partial charge on any atom is 0.128 e. The van der Waals surface area contributed by atoms with E-state index in [9.17, 15) is 4.39 Å². The predicted octanol–water partition coefficient (Wildman–Crippen LogP) is 4.59. The normalized spacial score (nSPS) is 12.6. The van der Waals surface area contributed by atoms with Gasteiger partial charge in [0.15, 0.2) is 0 Å². The Kier molecular flexibility index (Phi) is 4.72. The van der Waals surface area contributed by atoms with Crippen LogP contribution in [0.2, 0.25) is 0 Å². The summed E-state index contributed by atoms with van der Waals surface area (Å²) in [5, 5.41) is 3.47. The molecule has 102 valence electrons. The summed E-state index contributed by atoms with van der Waals surface area (Å²) >= 11 is 1.75. The Balaban J connectivity index is 2.41. The van der Waals surface area contributed by atoms with Crippen molar-refractivity contribution in [3.63, 3.8) is 0 Å². The Morgan fingerprint density at radius 1 is 1.26 bits per heavy atom. The van der Waals surface area contributed by atoms with Crippen LogP contribution in [-0.2, 0) is 0 Å². The minimum atomic E-state index is -0.137. The molecule has 0 saturated heterocycles. The third kappa shape index (κ3) is 3.23. The average molecular weight is 277 g/mol. The van der Waals surface area contributed by atoms with Crippen LogP contribution < -0.4 is 5.32 Å². The number of thiophene rings is 1. The van der Waals surface area contributed by atoms with Crippen LogP contribution in [0, 0.1) is 19.7 Å². The van der Waals surface area contributed by atoms with Gasteiger partial charge in [-0.15, -0.1) is 11.3 Å². The van der Waals surface area contributed by atoms with Crippen LogP contribution in [0.15, 0.2) is 30.3 Å². The first kappa shape index (κ1) is 14.2. The average Bonchev–Trinajstić information content (AvgIpc) is 2.71. The quantitative estimate of drug-likeness (QED) is 0.842. The van der Waals surface area contributed by atoms with Crippen molar-refractivity contribution in [1.82, 2.24) is 5.32 Å². The van der Waals surface area contributed by atoms with Gasteiger partial charge in [-0.05, 0) is 44.5 Å². The van der Waals surface area contributed by atoms with Gasteiger partial charge in [0.05, 0.1) is 6.04 Å². The van der Waals surface area contributed by atoms with E-state index < -0.39 is 0 Å². The largest absolute Gasteiger partial charge is 0.306 e. The fraction of sp³-hybridized carbons (Fsp3) is 0.375. The summed E-state index contributed by atoms with van der Waals surface area (Å²) in [7, 11) is 0. The fourth-order valence-electron chi connectivity index (χ4n) is 2.29. The monoisotopic (exact) mass is 277 g/mol. The molecule has 0 radical (unpaired) electrons. The lowest BCUT2D eigenvalue weighted by molar-refractivity contribution is 0.550. The first-order valence-electron chi connectivity index (χ1n) is 6.68. The molecule has 19 heavy (non-hydrogen) atoms. The number of hydrogen-bond acceptors (Lipinski definition) is 2. The molecule has 1 nitrogen and oxygen atoms in total. The molecular formula is C16H20FNS. The van der Waals surface area contributed by atoms with Crippen LogP contribution in [0.4, 0.5) is 4.39 Å². The van der Waals surface area contributed by atoms with Crippen LogP contribution in [-0.4, -0.2) is 6.54 Å². The van der Waals surface area contributed by atoms with Crippen LogP contribution in [0.1, 0.15) is 40.3 Å². The number of hydrogen-bond donors (Lipinski definition) is 1. The summed E-state index contributed by atoms with van der Waals surface area (Å²) in [5.74, 6) is -0.137. The first-order chi connectivity index (χ1) is 9.13. The van der Waals surface area contributed by atoms with E-state index in [4.69, 9.17) is 0 Å². The summed E-state index contributed by atoms with van der Waals surface area (Å²) < 4.78 is 14.1. The van der Waals surface area contributed by atoms with Crippen molar-refractivity contribution < 1.29 is 4.39 Å². The van der Waals surface area contributed by atoms with Gasteiger partial charge in [0.1, 0.15) is 5.82 Å². The number of benzene rings is 1. The van der Waals surface area contributed by atoms with Gasteiger partial charge in [-0.1, -0.05) is 25.1 Å². The van der Waals surface area contributed by atoms with Crippen molar-refractivity contribution in [2.45, 2.75) is 33.2 Å². The summed E-state index contributed by atoms with van der Waals surface area (Å²) in [5.41, 5.74) is 1.97. The van der Waals surface area contributed by atoms with Crippen molar-refractivity contribution in [3.05, 3.63) is 57.0 Å². The predicted molar refractivity (Wildman–Crippen MR) is 80.3 cm³/mol.